The lowest BCUT2D eigenvalue weighted by Crippen LogP contribution is -2.15. The molecule has 24 heavy (non-hydrogen) atoms. The highest BCUT2D eigenvalue weighted by Gasteiger charge is 2.30. The lowest BCUT2D eigenvalue weighted by molar-refractivity contribution is -0.138. The Balaban J connectivity index is 2.46. The summed E-state index contributed by atoms with van der Waals surface area (Å²) in [5.74, 6) is -0.947. The number of carbonyl (C=O) groups is 1. The first-order valence-electron chi connectivity index (χ1n) is 7.53. The monoisotopic (exact) mass is 337 g/mol. The average molecular weight is 337 g/mol. The SMILES string of the molecule is CCNCc1c(CC(=O)O)cccc1-c1ccc(C(F)(F)F)cc1. The Morgan fingerprint density at radius 2 is 1.79 bits per heavy atom. The van der Waals surface area contributed by atoms with E-state index >= 15 is 0 Å². The van der Waals surface area contributed by atoms with Crippen molar-refractivity contribution in [2.75, 3.05) is 6.54 Å². The summed E-state index contributed by atoms with van der Waals surface area (Å²) in [6.07, 6.45) is -4.51. The number of carboxylic acid groups (broad SMARTS) is 1. The van der Waals surface area contributed by atoms with Gasteiger partial charge >= 0.3 is 12.1 Å². The van der Waals surface area contributed by atoms with Crippen LogP contribution in [0, 0.1) is 0 Å². The van der Waals surface area contributed by atoms with Crippen molar-refractivity contribution in [1.82, 2.24) is 5.32 Å². The fourth-order valence-electron chi connectivity index (χ4n) is 2.53. The van der Waals surface area contributed by atoms with Gasteiger partial charge in [-0.2, -0.15) is 13.2 Å². The molecule has 0 spiro atoms. The van der Waals surface area contributed by atoms with Gasteiger partial charge in [0.15, 0.2) is 0 Å². The molecule has 6 heteroatoms. The normalized spacial score (nSPS) is 11.5. The van der Waals surface area contributed by atoms with Crippen LogP contribution in [0.2, 0.25) is 0 Å². The van der Waals surface area contributed by atoms with E-state index in [0.717, 1.165) is 23.3 Å². The Hall–Kier alpha value is -2.34. The number of hydrogen-bond donors (Lipinski definition) is 2. The second-order valence-electron chi connectivity index (χ2n) is 5.37. The zero-order valence-corrected chi connectivity index (χ0v) is 13.2. The fraction of sp³-hybridized carbons (Fsp3) is 0.278. The Kier molecular flexibility index (Phi) is 5.62. The largest absolute Gasteiger partial charge is 0.481 e. The van der Waals surface area contributed by atoms with Gasteiger partial charge in [-0.05, 0) is 40.9 Å². The van der Waals surface area contributed by atoms with Crippen LogP contribution in [-0.4, -0.2) is 17.6 Å². The van der Waals surface area contributed by atoms with Crippen LogP contribution >= 0.6 is 0 Å². The summed E-state index contributed by atoms with van der Waals surface area (Å²) in [5.41, 5.74) is 2.11. The van der Waals surface area contributed by atoms with Crippen molar-refractivity contribution in [3.05, 3.63) is 59.2 Å². The van der Waals surface area contributed by atoms with Crippen LogP contribution in [0.3, 0.4) is 0 Å². The fourth-order valence-corrected chi connectivity index (χ4v) is 2.53. The summed E-state index contributed by atoms with van der Waals surface area (Å²) in [6, 6.07) is 10.2. The van der Waals surface area contributed by atoms with Gasteiger partial charge in [0.2, 0.25) is 0 Å². The van der Waals surface area contributed by atoms with E-state index in [-0.39, 0.29) is 6.42 Å². The van der Waals surface area contributed by atoms with Crippen molar-refractivity contribution in [1.29, 1.82) is 0 Å². The number of hydrogen-bond acceptors (Lipinski definition) is 2. The molecule has 0 aliphatic carbocycles. The van der Waals surface area contributed by atoms with E-state index in [2.05, 4.69) is 5.32 Å². The molecule has 0 radical (unpaired) electrons. The molecule has 0 unspecified atom stereocenters. The topological polar surface area (TPSA) is 49.3 Å². The van der Waals surface area contributed by atoms with Gasteiger partial charge in [0.1, 0.15) is 0 Å². The molecule has 0 heterocycles. The maximum atomic E-state index is 12.7. The van der Waals surface area contributed by atoms with Gasteiger partial charge in [-0.25, -0.2) is 0 Å². The van der Waals surface area contributed by atoms with Gasteiger partial charge in [0, 0.05) is 6.54 Å². The molecule has 0 fully saturated rings. The van der Waals surface area contributed by atoms with Gasteiger partial charge in [0.05, 0.1) is 12.0 Å². The number of alkyl halides is 3. The van der Waals surface area contributed by atoms with Gasteiger partial charge in [0.25, 0.3) is 0 Å². The van der Waals surface area contributed by atoms with Gasteiger partial charge in [-0.3, -0.25) is 4.79 Å². The molecule has 2 N–H and O–H groups in total. The molecule has 0 saturated carbocycles. The molecule has 0 aliphatic heterocycles. The number of halogens is 3. The third-order valence-corrected chi connectivity index (χ3v) is 3.69. The zero-order valence-electron chi connectivity index (χ0n) is 13.2. The van der Waals surface area contributed by atoms with Crippen molar-refractivity contribution >= 4 is 5.97 Å². The molecule has 2 aromatic carbocycles. The maximum Gasteiger partial charge on any atom is 0.416 e. The van der Waals surface area contributed by atoms with E-state index in [0.29, 0.717) is 24.2 Å². The number of carboxylic acids is 1. The molecule has 0 aliphatic rings. The zero-order chi connectivity index (χ0) is 17.7. The van der Waals surface area contributed by atoms with Gasteiger partial charge < -0.3 is 10.4 Å². The summed E-state index contributed by atoms with van der Waals surface area (Å²) in [7, 11) is 0. The highest BCUT2D eigenvalue weighted by Crippen LogP contribution is 2.32. The van der Waals surface area contributed by atoms with Crippen molar-refractivity contribution in [2.24, 2.45) is 0 Å². The summed E-state index contributed by atoms with van der Waals surface area (Å²) < 4.78 is 38.1. The molecule has 0 bridgehead atoms. The first-order chi connectivity index (χ1) is 11.3. The third-order valence-electron chi connectivity index (χ3n) is 3.69. The summed E-state index contributed by atoms with van der Waals surface area (Å²) in [4.78, 5) is 11.1. The van der Waals surface area contributed by atoms with Crippen LogP contribution in [0.1, 0.15) is 23.6 Å². The minimum atomic E-state index is -4.38. The number of aliphatic carboxylic acids is 1. The molecule has 2 rings (SSSR count). The van der Waals surface area contributed by atoms with E-state index in [4.69, 9.17) is 5.11 Å². The molecule has 0 amide bonds. The Morgan fingerprint density at radius 1 is 1.12 bits per heavy atom. The predicted molar refractivity (Wildman–Crippen MR) is 85.6 cm³/mol. The Bertz CT molecular complexity index is 709. The minimum absolute atomic E-state index is 0.130. The third kappa shape index (κ3) is 4.35. The van der Waals surface area contributed by atoms with Gasteiger partial charge in [-0.1, -0.05) is 37.3 Å². The van der Waals surface area contributed by atoms with Crippen molar-refractivity contribution < 1.29 is 23.1 Å². The summed E-state index contributed by atoms with van der Waals surface area (Å²) in [6.45, 7) is 3.09. The Morgan fingerprint density at radius 3 is 2.33 bits per heavy atom. The quantitative estimate of drug-likeness (QED) is 0.834. The van der Waals surface area contributed by atoms with Gasteiger partial charge in [-0.15, -0.1) is 0 Å². The van der Waals surface area contributed by atoms with Crippen LogP contribution in [0.4, 0.5) is 13.2 Å². The van der Waals surface area contributed by atoms with E-state index in [1.807, 2.05) is 6.92 Å². The maximum absolute atomic E-state index is 12.7. The Labute approximate surface area is 138 Å². The first kappa shape index (κ1) is 18.0. The van der Waals surface area contributed by atoms with Crippen molar-refractivity contribution in [3.8, 4) is 11.1 Å². The van der Waals surface area contributed by atoms with Crippen molar-refractivity contribution in [3.63, 3.8) is 0 Å². The molecule has 0 aromatic heterocycles. The van der Waals surface area contributed by atoms with Crippen molar-refractivity contribution in [2.45, 2.75) is 26.1 Å². The summed E-state index contributed by atoms with van der Waals surface area (Å²) in [5, 5.41) is 12.2. The second-order valence-corrected chi connectivity index (χ2v) is 5.37. The predicted octanol–water partition coefficient (Wildman–Crippen LogP) is 4.11. The highest BCUT2D eigenvalue weighted by atomic mass is 19.4. The highest BCUT2D eigenvalue weighted by molar-refractivity contribution is 5.75. The smallest absolute Gasteiger partial charge is 0.416 e. The first-order valence-corrected chi connectivity index (χ1v) is 7.53. The van der Waals surface area contributed by atoms with E-state index in [1.54, 1.807) is 18.2 Å². The molecular weight excluding hydrogens is 319 g/mol. The van der Waals surface area contributed by atoms with E-state index in [1.165, 1.54) is 12.1 Å². The number of rotatable bonds is 6. The molecule has 2 aromatic rings. The average Bonchev–Trinajstić information content (AvgIpc) is 2.52. The molecule has 0 saturated heterocycles. The molecule has 0 atom stereocenters. The number of benzene rings is 2. The molecular formula is C18H18F3NO2. The van der Waals surface area contributed by atoms with Crippen LogP contribution < -0.4 is 5.32 Å². The van der Waals surface area contributed by atoms with E-state index in [9.17, 15) is 18.0 Å². The van der Waals surface area contributed by atoms with Crippen LogP contribution in [0.25, 0.3) is 11.1 Å². The minimum Gasteiger partial charge on any atom is -0.481 e. The summed E-state index contributed by atoms with van der Waals surface area (Å²) >= 11 is 0. The second kappa shape index (κ2) is 7.49. The molecule has 128 valence electrons. The lowest BCUT2D eigenvalue weighted by atomic mass is 9.93. The standard InChI is InChI=1S/C18H18F3NO2/c1-2-22-11-16-13(10-17(23)24)4-3-5-15(16)12-6-8-14(9-7-12)18(19,20)21/h3-9,22H,2,10-11H2,1H3,(H,23,24). The van der Waals surface area contributed by atoms with Crippen LogP contribution in [-0.2, 0) is 23.9 Å². The number of nitrogens with one attached hydrogen (secondary N) is 1. The lowest BCUT2D eigenvalue weighted by Gasteiger charge is -2.15. The van der Waals surface area contributed by atoms with E-state index < -0.39 is 17.7 Å². The molecule has 3 nitrogen and oxygen atoms in total. The van der Waals surface area contributed by atoms with Crippen LogP contribution in [0.5, 0.6) is 0 Å². The van der Waals surface area contributed by atoms with Crippen LogP contribution in [0.15, 0.2) is 42.5 Å².